The summed E-state index contributed by atoms with van der Waals surface area (Å²) in [7, 11) is 0. The van der Waals surface area contributed by atoms with Crippen molar-refractivity contribution in [3.8, 4) is 0 Å². The van der Waals surface area contributed by atoms with Gasteiger partial charge in [-0.05, 0) is 35.5 Å². The minimum Gasteiger partial charge on any atom is -0.0776 e. The molecule has 0 aliphatic carbocycles. The molecule has 308 valence electrons. The molecule has 0 spiro atoms. The molecule has 0 rings (SSSR count). The molecule has 0 fully saturated rings. The Labute approximate surface area is 320 Å². The van der Waals surface area contributed by atoms with Crippen LogP contribution in [0.25, 0.3) is 0 Å². The Morgan fingerprint density at radius 1 is 0.184 bits per heavy atom. The molecule has 0 heterocycles. The van der Waals surface area contributed by atoms with E-state index in [2.05, 4.69) is 125 Å². The molecule has 0 nitrogen and oxygen atoms in total. The first-order valence-electron chi connectivity index (χ1n) is 23.1. The molecule has 0 heteroatoms. The van der Waals surface area contributed by atoms with Crippen molar-refractivity contribution in [3.63, 3.8) is 0 Å². The lowest BCUT2D eigenvalue weighted by Crippen LogP contribution is -1.94. The zero-order chi connectivity index (χ0) is 38.4. The lowest BCUT2D eigenvalue weighted by atomic mass is 9.98. The van der Waals surface area contributed by atoms with Gasteiger partial charge in [-0.3, -0.25) is 0 Å². The molecule has 0 N–H and O–H groups in total. The van der Waals surface area contributed by atoms with Crippen LogP contribution in [0.1, 0.15) is 286 Å². The summed E-state index contributed by atoms with van der Waals surface area (Å²) in [5.74, 6) is 6.00. The van der Waals surface area contributed by atoms with E-state index in [1.54, 1.807) is 0 Å². The van der Waals surface area contributed by atoms with Crippen molar-refractivity contribution in [2.75, 3.05) is 0 Å². The van der Waals surface area contributed by atoms with Crippen LogP contribution in [0.5, 0.6) is 0 Å². The van der Waals surface area contributed by atoms with E-state index in [9.17, 15) is 0 Å². The van der Waals surface area contributed by atoms with E-state index in [-0.39, 0.29) is 7.43 Å². The Bertz CT molecular complexity index is 320. The zero-order valence-electron chi connectivity index (χ0n) is 38.4. The molecule has 0 saturated heterocycles. The minimum atomic E-state index is 0. The molecular weight excluding hydrogens is 589 g/mol. The van der Waals surface area contributed by atoms with Crippen molar-refractivity contribution < 1.29 is 0 Å². The average Bonchev–Trinajstić information content (AvgIpc) is 3.13. The van der Waals surface area contributed by atoms with Crippen LogP contribution in [0, 0.1) is 35.5 Å². The molecule has 0 aliphatic rings. The third-order valence-corrected chi connectivity index (χ3v) is 11.1. The minimum absolute atomic E-state index is 0. The third kappa shape index (κ3) is 57.6. The molecule has 0 aromatic heterocycles. The van der Waals surface area contributed by atoms with Gasteiger partial charge in [0.05, 0.1) is 0 Å². The van der Waals surface area contributed by atoms with E-state index >= 15 is 0 Å². The number of rotatable bonds is 24. The van der Waals surface area contributed by atoms with Gasteiger partial charge in [0, 0.05) is 0 Å². The van der Waals surface area contributed by atoms with Gasteiger partial charge in [-0.2, -0.15) is 0 Å². The summed E-state index contributed by atoms with van der Waals surface area (Å²) in [6, 6.07) is 0. The summed E-state index contributed by atoms with van der Waals surface area (Å²) in [5.41, 5.74) is 0. The van der Waals surface area contributed by atoms with Gasteiger partial charge in [-0.1, -0.05) is 286 Å². The van der Waals surface area contributed by atoms with Crippen molar-refractivity contribution >= 4 is 0 Å². The maximum absolute atomic E-state index is 2.28. The first-order chi connectivity index (χ1) is 23.1. The van der Waals surface area contributed by atoms with Gasteiger partial charge in [-0.15, -0.1) is 0 Å². The lowest BCUT2D eigenvalue weighted by Gasteiger charge is -2.08. The molecule has 0 amide bonds. The van der Waals surface area contributed by atoms with Crippen LogP contribution in [-0.4, -0.2) is 0 Å². The topological polar surface area (TPSA) is 0 Å². The molecule has 0 bridgehead atoms. The second-order valence-corrected chi connectivity index (χ2v) is 14.8. The highest BCUT2D eigenvalue weighted by molar-refractivity contribution is 4.55. The van der Waals surface area contributed by atoms with E-state index in [0.717, 1.165) is 35.5 Å². The Hall–Kier alpha value is 0. The molecule has 0 unspecified atom stereocenters. The fourth-order valence-electron chi connectivity index (χ4n) is 6.63. The third-order valence-electron chi connectivity index (χ3n) is 11.1. The predicted octanol–water partition coefficient (Wildman–Crippen LogP) is 20.0. The second-order valence-electron chi connectivity index (χ2n) is 14.8. The molecular formula is C49H112. The molecule has 0 radical (unpaired) electrons. The van der Waals surface area contributed by atoms with E-state index in [1.165, 1.54) is 154 Å². The summed E-state index contributed by atoms with van der Waals surface area (Å²) >= 11 is 0. The van der Waals surface area contributed by atoms with Gasteiger partial charge in [0.15, 0.2) is 0 Å². The van der Waals surface area contributed by atoms with Gasteiger partial charge in [0.25, 0.3) is 0 Å². The summed E-state index contributed by atoms with van der Waals surface area (Å²) < 4.78 is 0. The molecule has 0 aromatic rings. The highest BCUT2D eigenvalue weighted by Crippen LogP contribution is 2.16. The van der Waals surface area contributed by atoms with Crippen molar-refractivity contribution in [3.05, 3.63) is 0 Å². The Balaban J connectivity index is -0.0000000860. The largest absolute Gasteiger partial charge is 0.0776 e. The van der Waals surface area contributed by atoms with Crippen molar-refractivity contribution in [1.29, 1.82) is 0 Å². The normalized spacial score (nSPS) is 10.3. The molecule has 0 aromatic carbocycles. The molecule has 0 saturated carbocycles. The van der Waals surface area contributed by atoms with E-state index in [0.29, 0.717) is 0 Å². The fraction of sp³-hybridized carbons (Fsp3) is 1.00. The fourth-order valence-corrected chi connectivity index (χ4v) is 6.63. The summed E-state index contributed by atoms with van der Waals surface area (Å²) in [5, 5.41) is 0. The second kappa shape index (κ2) is 60.1. The van der Waals surface area contributed by atoms with E-state index < -0.39 is 0 Å². The monoisotopic (exact) mass is 701 g/mol. The SMILES string of the molecule is C.CCCC(CC)CC.CCCC(CC)CC.CCCC(CC)CC.CCCC(CC)CC.CCCC(CC)CC.CCCC(CC)CC. The Morgan fingerprint density at radius 3 is 0.286 bits per heavy atom. The summed E-state index contributed by atoms with van der Waals surface area (Å²) in [6.45, 7) is 41.0. The zero-order valence-corrected chi connectivity index (χ0v) is 38.4. The first-order valence-corrected chi connectivity index (χ1v) is 23.1. The maximum Gasteiger partial charge on any atom is -0.0420 e. The van der Waals surface area contributed by atoms with E-state index in [4.69, 9.17) is 0 Å². The standard InChI is InChI=1S/6C8H18.CH4/c6*1-4-7-8(5-2)6-3;/h6*8H,4-7H2,1-3H3;1H4. The Morgan fingerprint density at radius 2 is 0.265 bits per heavy atom. The molecule has 0 aliphatic heterocycles. The van der Waals surface area contributed by atoms with Crippen LogP contribution in [0.15, 0.2) is 0 Å². The van der Waals surface area contributed by atoms with Crippen molar-refractivity contribution in [2.24, 2.45) is 35.5 Å². The molecule has 0 atom stereocenters. The molecule has 49 heavy (non-hydrogen) atoms. The van der Waals surface area contributed by atoms with Gasteiger partial charge in [-0.25, -0.2) is 0 Å². The lowest BCUT2D eigenvalue weighted by molar-refractivity contribution is 0.451. The van der Waals surface area contributed by atoms with Crippen LogP contribution in [0.4, 0.5) is 0 Å². The van der Waals surface area contributed by atoms with Crippen LogP contribution >= 0.6 is 0 Å². The summed E-state index contributed by atoms with van der Waals surface area (Å²) in [4.78, 5) is 0. The van der Waals surface area contributed by atoms with Crippen molar-refractivity contribution in [1.82, 2.24) is 0 Å². The van der Waals surface area contributed by atoms with Crippen LogP contribution < -0.4 is 0 Å². The smallest absolute Gasteiger partial charge is 0.0420 e. The van der Waals surface area contributed by atoms with E-state index in [1.807, 2.05) is 0 Å². The predicted molar refractivity (Wildman–Crippen MR) is 241 cm³/mol. The highest BCUT2D eigenvalue weighted by atomic mass is 14.1. The highest BCUT2D eigenvalue weighted by Gasteiger charge is 2.02. The first kappa shape index (κ1) is 64.0. The summed E-state index contributed by atoms with van der Waals surface area (Å²) in [6.07, 6.45) is 33.0. The maximum atomic E-state index is 2.28. The van der Waals surface area contributed by atoms with Crippen LogP contribution in [0.2, 0.25) is 0 Å². The van der Waals surface area contributed by atoms with Gasteiger partial charge >= 0.3 is 0 Å². The number of hydrogen-bond acceptors (Lipinski definition) is 0. The van der Waals surface area contributed by atoms with Crippen LogP contribution in [0.3, 0.4) is 0 Å². The van der Waals surface area contributed by atoms with Gasteiger partial charge < -0.3 is 0 Å². The van der Waals surface area contributed by atoms with Gasteiger partial charge in [0.2, 0.25) is 0 Å². The van der Waals surface area contributed by atoms with Crippen molar-refractivity contribution in [2.45, 2.75) is 286 Å². The Kier molecular flexibility index (Phi) is 78.5. The average molecular weight is 701 g/mol. The number of hydrogen-bond donors (Lipinski definition) is 0. The van der Waals surface area contributed by atoms with Gasteiger partial charge in [0.1, 0.15) is 0 Å². The van der Waals surface area contributed by atoms with Crippen LogP contribution in [-0.2, 0) is 0 Å². The quantitative estimate of drug-likeness (QED) is 0.0940.